The van der Waals surface area contributed by atoms with Crippen LogP contribution in [0.25, 0.3) is 0 Å². The van der Waals surface area contributed by atoms with E-state index in [1.54, 1.807) is 5.32 Å². The number of carbonyl (C=O) groups excluding carboxylic acids is 1. The average Bonchev–Trinajstić information content (AvgIpc) is 1.89. The smallest absolute Gasteiger partial charge is 0.298 e. The summed E-state index contributed by atoms with van der Waals surface area (Å²) in [5.74, 6) is 0. The lowest BCUT2D eigenvalue weighted by Crippen LogP contribution is -2.82. The number of carbonyl (C=O) groups is 1. The molecule has 0 heterocycles. The van der Waals surface area contributed by atoms with Crippen LogP contribution in [0.4, 0.5) is 0 Å². The van der Waals surface area contributed by atoms with Gasteiger partial charge < -0.3 is 5.73 Å². The summed E-state index contributed by atoms with van der Waals surface area (Å²) in [6.45, 7) is 1.67. The topological polar surface area (TPSA) is 59.7 Å². The summed E-state index contributed by atoms with van der Waals surface area (Å²) >= 11 is 0. The summed E-state index contributed by atoms with van der Waals surface area (Å²) < 4.78 is 0. The van der Waals surface area contributed by atoms with E-state index >= 15 is 0 Å². The summed E-state index contributed by atoms with van der Waals surface area (Å²) in [5, 5.41) is 1.65. The summed E-state index contributed by atoms with van der Waals surface area (Å²) in [6.07, 6.45) is 4.16. The molecule has 4 N–H and O–H groups in total. The molecule has 0 unspecified atom stereocenters. The molecule has 0 fully saturated rings. The molecule has 0 aliphatic rings. The number of unbranched alkanes of at least 4 members (excludes halogenated alkanes) is 2. The van der Waals surface area contributed by atoms with Crippen LogP contribution in [0.15, 0.2) is 0 Å². The Hall–Kier alpha value is -0.410. The first-order chi connectivity index (χ1) is 4.41. The van der Waals surface area contributed by atoms with Crippen LogP contribution in [0.5, 0.6) is 0 Å². The van der Waals surface area contributed by atoms with Crippen molar-refractivity contribution in [1.29, 1.82) is 0 Å². The van der Waals surface area contributed by atoms with E-state index in [0.29, 0.717) is 0 Å². The number of quaternary nitrogens is 1. The molecule has 0 atom stereocenters. The van der Waals surface area contributed by atoms with Gasteiger partial charge in [-0.3, -0.25) is 5.32 Å². The molecule has 0 aromatic heterocycles. The van der Waals surface area contributed by atoms with E-state index in [1.165, 1.54) is 0 Å². The Morgan fingerprint density at radius 2 is 2.11 bits per heavy atom. The lowest BCUT2D eigenvalue weighted by atomic mass is 10.2. The highest BCUT2D eigenvalue weighted by Gasteiger charge is 1.87. The number of nitrogens with two attached hydrogens (primary N) is 2. The van der Waals surface area contributed by atoms with Crippen molar-refractivity contribution in [2.24, 2.45) is 5.73 Å². The average molecular weight is 131 g/mol. The van der Waals surface area contributed by atoms with Gasteiger partial charge in [0.1, 0.15) is 0 Å². The fourth-order valence-corrected chi connectivity index (χ4v) is 0.651. The van der Waals surface area contributed by atoms with E-state index in [0.717, 1.165) is 38.8 Å². The summed E-state index contributed by atoms with van der Waals surface area (Å²) in [4.78, 5) is 9.76. The second kappa shape index (κ2) is 7.59. The Labute approximate surface area is 55.6 Å². The predicted octanol–water partition coefficient (Wildman–Crippen LogP) is -1.16. The van der Waals surface area contributed by atoms with Crippen molar-refractivity contribution in [2.75, 3.05) is 13.1 Å². The summed E-state index contributed by atoms with van der Waals surface area (Å²) in [7, 11) is 0. The lowest BCUT2D eigenvalue weighted by molar-refractivity contribution is -0.555. The van der Waals surface area contributed by atoms with E-state index in [4.69, 9.17) is 5.73 Å². The number of hydrogen-bond acceptors (Lipinski definition) is 2. The third-order valence-corrected chi connectivity index (χ3v) is 1.17. The molecule has 3 nitrogen and oxygen atoms in total. The minimum absolute atomic E-state index is 0.765. The highest BCUT2D eigenvalue weighted by atomic mass is 16.1. The Bertz CT molecular complexity index is 66.1. The molecule has 0 radical (unpaired) electrons. The van der Waals surface area contributed by atoms with Crippen molar-refractivity contribution in [1.82, 2.24) is 0 Å². The van der Waals surface area contributed by atoms with Crippen LogP contribution in [-0.4, -0.2) is 19.5 Å². The van der Waals surface area contributed by atoms with E-state index < -0.39 is 0 Å². The van der Waals surface area contributed by atoms with Crippen LogP contribution in [0.1, 0.15) is 19.3 Å². The Kier molecular flexibility index (Phi) is 7.24. The molecule has 0 aromatic carbocycles. The maximum Gasteiger partial charge on any atom is 0.298 e. The SMILES string of the molecule is NCCCCC[NH2+]C=O. The molecular formula is C6H15N2O+. The molecule has 9 heavy (non-hydrogen) atoms. The molecule has 0 aliphatic carbocycles. The maximum absolute atomic E-state index is 9.76. The maximum atomic E-state index is 9.76. The number of hydrogen-bond donors (Lipinski definition) is 2. The van der Waals surface area contributed by atoms with Crippen molar-refractivity contribution in [3.05, 3.63) is 0 Å². The first-order valence-corrected chi connectivity index (χ1v) is 3.39. The van der Waals surface area contributed by atoms with E-state index in [2.05, 4.69) is 0 Å². The van der Waals surface area contributed by atoms with Crippen LogP contribution in [0, 0.1) is 0 Å². The third-order valence-electron chi connectivity index (χ3n) is 1.17. The quantitative estimate of drug-likeness (QED) is 0.353. The number of primary amides is 1. The van der Waals surface area contributed by atoms with Gasteiger partial charge in [-0.05, 0) is 25.8 Å². The van der Waals surface area contributed by atoms with Gasteiger partial charge in [-0.15, -0.1) is 0 Å². The number of rotatable bonds is 6. The summed E-state index contributed by atoms with van der Waals surface area (Å²) in [5.41, 5.74) is 5.26. The molecule has 0 rings (SSSR count). The largest absolute Gasteiger partial charge is 0.330 e. The van der Waals surface area contributed by atoms with Crippen LogP contribution >= 0.6 is 0 Å². The zero-order chi connectivity index (χ0) is 6.95. The molecule has 3 heteroatoms. The highest BCUT2D eigenvalue weighted by molar-refractivity contribution is 5.31. The van der Waals surface area contributed by atoms with Crippen molar-refractivity contribution in [3.63, 3.8) is 0 Å². The van der Waals surface area contributed by atoms with E-state index in [-0.39, 0.29) is 0 Å². The molecule has 0 spiro atoms. The van der Waals surface area contributed by atoms with Gasteiger partial charge >= 0.3 is 0 Å². The highest BCUT2D eigenvalue weighted by Crippen LogP contribution is 1.88. The normalized spacial score (nSPS) is 9.44. The predicted molar refractivity (Wildman–Crippen MR) is 35.8 cm³/mol. The van der Waals surface area contributed by atoms with Crippen LogP contribution in [0.2, 0.25) is 0 Å². The molecule has 0 saturated carbocycles. The van der Waals surface area contributed by atoms with Crippen LogP contribution < -0.4 is 11.1 Å². The molecule has 0 bridgehead atoms. The second-order valence-corrected chi connectivity index (χ2v) is 2.01. The van der Waals surface area contributed by atoms with Crippen molar-refractivity contribution in [3.8, 4) is 0 Å². The minimum atomic E-state index is 0.765. The standard InChI is InChI=1S/C6H14N2O/c7-4-2-1-3-5-8-6-9/h6H,1-5,7H2,(H,8,9)/p+1. The van der Waals surface area contributed by atoms with Gasteiger partial charge in [-0.25, -0.2) is 4.79 Å². The van der Waals surface area contributed by atoms with Gasteiger partial charge in [-0.2, -0.15) is 0 Å². The van der Waals surface area contributed by atoms with Crippen molar-refractivity contribution < 1.29 is 10.1 Å². The zero-order valence-electron chi connectivity index (χ0n) is 5.68. The van der Waals surface area contributed by atoms with Gasteiger partial charge in [0, 0.05) is 0 Å². The first-order valence-electron chi connectivity index (χ1n) is 3.39. The fraction of sp³-hybridized carbons (Fsp3) is 0.833. The van der Waals surface area contributed by atoms with Crippen molar-refractivity contribution in [2.45, 2.75) is 19.3 Å². The lowest BCUT2D eigenvalue weighted by Gasteiger charge is -1.92. The fourth-order valence-electron chi connectivity index (χ4n) is 0.651. The molecule has 0 aromatic rings. The Morgan fingerprint density at radius 1 is 1.33 bits per heavy atom. The third kappa shape index (κ3) is 7.59. The first kappa shape index (κ1) is 8.59. The second-order valence-electron chi connectivity index (χ2n) is 2.01. The van der Waals surface area contributed by atoms with Gasteiger partial charge in [0.25, 0.3) is 6.41 Å². The Balaban J connectivity index is 2.66. The van der Waals surface area contributed by atoms with Crippen LogP contribution in [0.3, 0.4) is 0 Å². The monoisotopic (exact) mass is 131 g/mol. The van der Waals surface area contributed by atoms with Crippen molar-refractivity contribution >= 4 is 6.41 Å². The van der Waals surface area contributed by atoms with Gasteiger partial charge in [0.15, 0.2) is 0 Å². The van der Waals surface area contributed by atoms with Gasteiger partial charge in [0.05, 0.1) is 6.54 Å². The number of amides is 1. The van der Waals surface area contributed by atoms with E-state index in [1.807, 2.05) is 0 Å². The molecule has 1 amide bonds. The Morgan fingerprint density at radius 3 is 2.67 bits per heavy atom. The van der Waals surface area contributed by atoms with Gasteiger partial charge in [0.2, 0.25) is 0 Å². The molecule has 0 saturated heterocycles. The zero-order valence-corrected chi connectivity index (χ0v) is 5.68. The molecule has 54 valence electrons. The molecule has 0 aliphatic heterocycles. The van der Waals surface area contributed by atoms with E-state index in [9.17, 15) is 4.79 Å². The summed E-state index contributed by atoms with van der Waals surface area (Å²) in [6, 6.07) is 0. The molecular weight excluding hydrogens is 116 g/mol. The van der Waals surface area contributed by atoms with Crippen LogP contribution in [-0.2, 0) is 4.79 Å². The van der Waals surface area contributed by atoms with Gasteiger partial charge in [-0.1, -0.05) is 0 Å². The minimum Gasteiger partial charge on any atom is -0.330 e.